The fourth-order valence-corrected chi connectivity index (χ4v) is 2.67. The first kappa shape index (κ1) is 12.9. The molecule has 1 aliphatic rings. The van der Waals surface area contributed by atoms with E-state index < -0.39 is 0 Å². The number of nitrogens with one attached hydrogen (secondary N) is 3. The van der Waals surface area contributed by atoms with Crippen LogP contribution >= 0.6 is 0 Å². The highest BCUT2D eigenvalue weighted by Gasteiger charge is 2.22. The summed E-state index contributed by atoms with van der Waals surface area (Å²) < 4.78 is 0. The zero-order valence-electron chi connectivity index (χ0n) is 11.6. The van der Waals surface area contributed by atoms with Crippen LogP contribution in [0.25, 0.3) is 0 Å². The van der Waals surface area contributed by atoms with Gasteiger partial charge in [-0.2, -0.15) is 10.2 Å². The van der Waals surface area contributed by atoms with E-state index in [1.165, 1.54) is 5.56 Å². The number of carbonyl (C=O) groups is 1. The highest BCUT2D eigenvalue weighted by atomic mass is 16.2. The number of aromatic amines is 2. The molecule has 0 spiro atoms. The van der Waals surface area contributed by atoms with Gasteiger partial charge < -0.3 is 5.32 Å². The Labute approximate surface area is 117 Å². The van der Waals surface area contributed by atoms with E-state index in [4.69, 9.17) is 0 Å². The average Bonchev–Trinajstić information content (AvgIpc) is 3.07. The molecule has 0 radical (unpaired) electrons. The molecule has 3 N–H and O–H groups in total. The molecule has 1 atom stereocenters. The Balaban J connectivity index is 1.61. The Kier molecular flexibility index (Phi) is 3.54. The molecule has 1 amide bonds. The van der Waals surface area contributed by atoms with Gasteiger partial charge in [-0.3, -0.25) is 15.0 Å². The maximum atomic E-state index is 12.2. The number of rotatable bonds is 4. The molecule has 20 heavy (non-hydrogen) atoms. The first-order chi connectivity index (χ1) is 9.76. The van der Waals surface area contributed by atoms with E-state index in [9.17, 15) is 4.79 Å². The van der Waals surface area contributed by atoms with Gasteiger partial charge in [-0.25, -0.2) is 0 Å². The van der Waals surface area contributed by atoms with Gasteiger partial charge in [0.15, 0.2) is 0 Å². The maximum Gasteiger partial charge on any atom is 0.272 e. The van der Waals surface area contributed by atoms with Gasteiger partial charge in [-0.15, -0.1) is 0 Å². The second-order valence-electron chi connectivity index (χ2n) is 5.32. The summed E-state index contributed by atoms with van der Waals surface area (Å²) >= 11 is 0. The van der Waals surface area contributed by atoms with E-state index in [2.05, 4.69) is 32.6 Å². The summed E-state index contributed by atoms with van der Waals surface area (Å²) in [6.07, 6.45) is 6.55. The van der Waals surface area contributed by atoms with Gasteiger partial charge in [-0.05, 0) is 30.9 Å². The summed E-state index contributed by atoms with van der Waals surface area (Å²) in [4.78, 5) is 12.2. The maximum absolute atomic E-state index is 12.2. The predicted molar refractivity (Wildman–Crippen MR) is 74.4 cm³/mol. The Morgan fingerprint density at radius 1 is 1.50 bits per heavy atom. The molecule has 0 aliphatic heterocycles. The van der Waals surface area contributed by atoms with Crippen molar-refractivity contribution in [3.63, 3.8) is 0 Å². The summed E-state index contributed by atoms with van der Waals surface area (Å²) in [7, 11) is 0. The van der Waals surface area contributed by atoms with Gasteiger partial charge in [0.1, 0.15) is 5.69 Å². The van der Waals surface area contributed by atoms with Crippen LogP contribution < -0.4 is 5.32 Å². The van der Waals surface area contributed by atoms with Crippen LogP contribution in [0.4, 0.5) is 0 Å². The molecule has 6 heteroatoms. The standard InChI is InChI=1S/C14H19N5O/c1-2-3-11-7-13(19-17-11)14(20)16-10-5-4-9-8-15-18-12(9)6-10/h7-8,10H,2-6H2,1H3,(H,15,18)(H,16,20)(H,17,19)/t10-/m1/s1. The smallest absolute Gasteiger partial charge is 0.272 e. The number of aromatic nitrogens is 4. The zero-order valence-corrected chi connectivity index (χ0v) is 11.6. The predicted octanol–water partition coefficient (Wildman–Crippen LogP) is 1.37. The Hall–Kier alpha value is -2.11. The van der Waals surface area contributed by atoms with E-state index in [0.717, 1.165) is 43.5 Å². The summed E-state index contributed by atoms with van der Waals surface area (Å²) in [5.74, 6) is -0.100. The summed E-state index contributed by atoms with van der Waals surface area (Å²) in [6.45, 7) is 2.10. The lowest BCUT2D eigenvalue weighted by molar-refractivity contribution is 0.0928. The molecule has 6 nitrogen and oxygen atoms in total. The number of hydrogen-bond donors (Lipinski definition) is 3. The third-order valence-electron chi connectivity index (χ3n) is 3.74. The first-order valence-corrected chi connectivity index (χ1v) is 7.12. The van der Waals surface area contributed by atoms with Crippen LogP contribution in [0.1, 0.15) is 47.2 Å². The highest BCUT2D eigenvalue weighted by molar-refractivity contribution is 5.92. The minimum absolute atomic E-state index is 0.100. The van der Waals surface area contributed by atoms with Crippen LogP contribution in [0, 0.1) is 0 Å². The van der Waals surface area contributed by atoms with Gasteiger partial charge in [0, 0.05) is 23.9 Å². The second kappa shape index (κ2) is 5.48. The van der Waals surface area contributed by atoms with Crippen LogP contribution in [-0.4, -0.2) is 32.3 Å². The van der Waals surface area contributed by atoms with E-state index in [0.29, 0.717) is 5.69 Å². The molecule has 0 bridgehead atoms. The fourth-order valence-electron chi connectivity index (χ4n) is 2.67. The average molecular weight is 273 g/mol. The van der Waals surface area contributed by atoms with Crippen molar-refractivity contribution in [3.05, 3.63) is 34.9 Å². The minimum Gasteiger partial charge on any atom is -0.348 e. The Morgan fingerprint density at radius 3 is 3.25 bits per heavy atom. The summed E-state index contributed by atoms with van der Waals surface area (Å²) in [6, 6.07) is 1.99. The zero-order chi connectivity index (χ0) is 13.9. The van der Waals surface area contributed by atoms with E-state index in [1.54, 1.807) is 0 Å². The molecule has 106 valence electrons. The molecule has 2 heterocycles. The summed E-state index contributed by atoms with van der Waals surface area (Å²) in [5.41, 5.74) is 3.89. The van der Waals surface area contributed by atoms with Crippen LogP contribution in [0.15, 0.2) is 12.3 Å². The van der Waals surface area contributed by atoms with E-state index in [1.807, 2.05) is 12.3 Å². The molecule has 0 unspecified atom stereocenters. The van der Waals surface area contributed by atoms with Gasteiger partial charge in [-0.1, -0.05) is 13.3 Å². The molecule has 1 aliphatic carbocycles. The number of carbonyl (C=O) groups excluding carboxylic acids is 1. The molecule has 0 saturated carbocycles. The monoisotopic (exact) mass is 273 g/mol. The lowest BCUT2D eigenvalue weighted by Gasteiger charge is -2.22. The Morgan fingerprint density at radius 2 is 2.40 bits per heavy atom. The van der Waals surface area contributed by atoms with Crippen LogP contribution in [0.2, 0.25) is 0 Å². The van der Waals surface area contributed by atoms with Gasteiger partial charge in [0.25, 0.3) is 5.91 Å². The molecular formula is C14H19N5O. The summed E-state index contributed by atoms with van der Waals surface area (Å²) in [5, 5.41) is 17.1. The van der Waals surface area contributed by atoms with Crippen molar-refractivity contribution in [1.29, 1.82) is 0 Å². The molecule has 2 aromatic rings. The van der Waals surface area contributed by atoms with Crippen molar-refractivity contribution >= 4 is 5.91 Å². The van der Waals surface area contributed by atoms with Gasteiger partial charge in [0.05, 0.1) is 6.20 Å². The molecule has 3 rings (SSSR count). The lowest BCUT2D eigenvalue weighted by Crippen LogP contribution is -2.39. The number of aryl methyl sites for hydroxylation is 2. The topological polar surface area (TPSA) is 86.5 Å². The number of H-pyrrole nitrogens is 2. The van der Waals surface area contributed by atoms with Crippen LogP contribution in [0.3, 0.4) is 0 Å². The largest absolute Gasteiger partial charge is 0.348 e. The van der Waals surface area contributed by atoms with Crippen molar-refractivity contribution in [2.75, 3.05) is 0 Å². The number of amides is 1. The van der Waals surface area contributed by atoms with Crippen molar-refractivity contribution in [2.24, 2.45) is 0 Å². The van der Waals surface area contributed by atoms with Crippen molar-refractivity contribution in [1.82, 2.24) is 25.7 Å². The van der Waals surface area contributed by atoms with E-state index >= 15 is 0 Å². The van der Waals surface area contributed by atoms with Gasteiger partial charge in [0.2, 0.25) is 0 Å². The number of hydrogen-bond acceptors (Lipinski definition) is 3. The van der Waals surface area contributed by atoms with E-state index in [-0.39, 0.29) is 11.9 Å². The minimum atomic E-state index is -0.100. The van der Waals surface area contributed by atoms with Crippen molar-refractivity contribution in [2.45, 2.75) is 45.1 Å². The molecule has 0 saturated heterocycles. The quantitative estimate of drug-likeness (QED) is 0.786. The van der Waals surface area contributed by atoms with Crippen LogP contribution in [-0.2, 0) is 19.3 Å². The third kappa shape index (κ3) is 2.59. The fraction of sp³-hybridized carbons (Fsp3) is 0.500. The first-order valence-electron chi connectivity index (χ1n) is 7.12. The third-order valence-corrected chi connectivity index (χ3v) is 3.74. The highest BCUT2D eigenvalue weighted by Crippen LogP contribution is 2.19. The SMILES string of the molecule is CCCc1cc(C(=O)N[C@@H]2CCc3cn[nH]c3C2)n[nH]1. The molecule has 0 fully saturated rings. The normalized spacial score (nSPS) is 17.8. The van der Waals surface area contributed by atoms with Gasteiger partial charge >= 0.3 is 0 Å². The molecule has 0 aromatic carbocycles. The number of fused-ring (bicyclic) bond motifs is 1. The lowest BCUT2D eigenvalue weighted by atomic mass is 9.94. The molecular weight excluding hydrogens is 254 g/mol. The number of nitrogens with zero attached hydrogens (tertiary/aromatic N) is 2. The van der Waals surface area contributed by atoms with Crippen molar-refractivity contribution < 1.29 is 4.79 Å². The Bertz CT molecular complexity index is 600. The second-order valence-corrected chi connectivity index (χ2v) is 5.32. The van der Waals surface area contributed by atoms with Crippen LogP contribution in [0.5, 0.6) is 0 Å². The van der Waals surface area contributed by atoms with Crippen molar-refractivity contribution in [3.8, 4) is 0 Å². The molecule has 2 aromatic heterocycles.